The first-order valence-electron chi connectivity index (χ1n) is 7.76. The molecule has 11 heteroatoms. The molecular formula is C17H13ClFN5O2S2. The zero-order valence-electron chi connectivity index (χ0n) is 14.1. The lowest BCUT2D eigenvalue weighted by Crippen LogP contribution is -2.19. The molecule has 0 radical (unpaired) electrons. The van der Waals surface area contributed by atoms with Crippen LogP contribution in [0.4, 0.5) is 21.7 Å². The first kappa shape index (κ1) is 19.9. The lowest BCUT2D eigenvalue weighted by atomic mass is 10.3. The molecule has 0 atom stereocenters. The largest absolute Gasteiger partial charge is 0.332 e. The Morgan fingerprint density at radius 3 is 2.25 bits per heavy atom. The number of hydrogen-bond acceptors (Lipinski definition) is 5. The van der Waals surface area contributed by atoms with Crippen molar-refractivity contribution in [3.8, 4) is 0 Å². The molecular weight excluding hydrogens is 425 g/mol. The van der Waals surface area contributed by atoms with Crippen molar-refractivity contribution in [2.45, 2.75) is 4.90 Å². The Labute approximate surface area is 171 Å². The fourth-order valence-electron chi connectivity index (χ4n) is 2.12. The molecule has 0 aliphatic heterocycles. The van der Waals surface area contributed by atoms with Gasteiger partial charge in [0.05, 0.1) is 9.92 Å². The van der Waals surface area contributed by atoms with Gasteiger partial charge in [-0.3, -0.25) is 0 Å². The molecule has 1 aromatic heterocycles. The van der Waals surface area contributed by atoms with Crippen LogP contribution >= 0.6 is 23.8 Å². The van der Waals surface area contributed by atoms with Crippen LogP contribution in [0.1, 0.15) is 0 Å². The molecule has 0 fully saturated rings. The highest BCUT2D eigenvalue weighted by molar-refractivity contribution is 7.92. The zero-order valence-corrected chi connectivity index (χ0v) is 16.4. The van der Waals surface area contributed by atoms with Crippen molar-refractivity contribution in [2.24, 2.45) is 0 Å². The molecule has 1 heterocycles. The summed E-state index contributed by atoms with van der Waals surface area (Å²) in [5.74, 6) is -0.551. The number of halogens is 2. The molecule has 7 nitrogen and oxygen atoms in total. The maximum atomic E-state index is 13.2. The molecule has 0 aliphatic carbocycles. The van der Waals surface area contributed by atoms with Crippen molar-refractivity contribution >= 4 is 56.3 Å². The fourth-order valence-corrected chi connectivity index (χ4v) is 3.49. The molecule has 0 unspecified atom stereocenters. The van der Waals surface area contributed by atoms with Gasteiger partial charge in [-0.2, -0.15) is 0 Å². The van der Waals surface area contributed by atoms with Gasteiger partial charge in [-0.1, -0.05) is 11.6 Å². The maximum absolute atomic E-state index is 13.2. The van der Waals surface area contributed by atoms with Crippen molar-refractivity contribution in [2.75, 3.05) is 15.4 Å². The van der Waals surface area contributed by atoms with Crippen molar-refractivity contribution in [1.29, 1.82) is 0 Å². The van der Waals surface area contributed by atoms with Gasteiger partial charge in [-0.05, 0) is 60.7 Å². The summed E-state index contributed by atoms with van der Waals surface area (Å²) in [5, 5.41) is 5.95. The minimum absolute atomic E-state index is 0.0203. The van der Waals surface area contributed by atoms with Crippen LogP contribution in [0.25, 0.3) is 0 Å². The van der Waals surface area contributed by atoms with Crippen LogP contribution in [0, 0.1) is 5.82 Å². The smallest absolute Gasteiger partial charge is 0.264 e. The monoisotopic (exact) mass is 437 g/mol. The summed E-state index contributed by atoms with van der Waals surface area (Å²) >= 11 is 10.9. The van der Waals surface area contributed by atoms with Gasteiger partial charge >= 0.3 is 0 Å². The van der Waals surface area contributed by atoms with Gasteiger partial charge in [-0.15, -0.1) is 0 Å². The molecule has 0 saturated heterocycles. The Bertz CT molecular complexity index is 1100. The van der Waals surface area contributed by atoms with E-state index >= 15 is 0 Å². The van der Waals surface area contributed by atoms with Crippen LogP contribution in [-0.2, 0) is 10.0 Å². The molecule has 144 valence electrons. The number of aromatic nitrogens is 2. The van der Waals surface area contributed by atoms with Crippen LogP contribution < -0.4 is 15.4 Å². The molecule has 0 amide bonds. The highest BCUT2D eigenvalue weighted by atomic mass is 35.5. The maximum Gasteiger partial charge on any atom is 0.264 e. The second-order valence-corrected chi connectivity index (χ2v) is 7.91. The molecule has 0 spiro atoms. The van der Waals surface area contributed by atoms with Gasteiger partial charge in [0.2, 0.25) is 5.95 Å². The van der Waals surface area contributed by atoms with E-state index in [0.29, 0.717) is 11.4 Å². The Morgan fingerprint density at radius 1 is 1.00 bits per heavy atom. The molecule has 3 N–H and O–H groups in total. The standard InChI is InChI=1S/C17H13ClFN5O2S2/c18-14-10-12(4-7-15(14)19)23-17(27)22-11-2-5-13(6-3-11)28(25,26)24-16-20-8-1-9-21-16/h1-10H,(H,20,21,24)(H2,22,23,27). The molecule has 0 aliphatic rings. The van der Waals surface area contributed by atoms with Gasteiger partial charge in [0.15, 0.2) is 5.11 Å². The average Bonchev–Trinajstić information content (AvgIpc) is 2.65. The molecule has 28 heavy (non-hydrogen) atoms. The molecule has 0 bridgehead atoms. The van der Waals surface area contributed by atoms with E-state index in [0.717, 1.165) is 0 Å². The minimum atomic E-state index is -3.82. The van der Waals surface area contributed by atoms with Crippen LogP contribution in [0.5, 0.6) is 0 Å². The van der Waals surface area contributed by atoms with Gasteiger partial charge in [-0.25, -0.2) is 27.5 Å². The fraction of sp³-hybridized carbons (Fsp3) is 0. The van der Waals surface area contributed by atoms with Crippen molar-refractivity contribution in [1.82, 2.24) is 9.97 Å². The van der Waals surface area contributed by atoms with Crippen LogP contribution in [0.3, 0.4) is 0 Å². The number of anilines is 3. The number of thiocarbonyl (C=S) groups is 1. The number of nitrogens with zero attached hydrogens (tertiary/aromatic N) is 2. The molecule has 3 rings (SSSR count). The Hall–Kier alpha value is -2.82. The van der Waals surface area contributed by atoms with E-state index in [2.05, 4.69) is 25.3 Å². The third kappa shape index (κ3) is 5.12. The van der Waals surface area contributed by atoms with Gasteiger partial charge in [0, 0.05) is 23.8 Å². The van der Waals surface area contributed by atoms with E-state index in [4.69, 9.17) is 23.8 Å². The SMILES string of the molecule is O=S(=O)(Nc1ncccn1)c1ccc(NC(=S)Nc2ccc(F)c(Cl)c2)cc1. The lowest BCUT2D eigenvalue weighted by Gasteiger charge is -2.12. The summed E-state index contributed by atoms with van der Waals surface area (Å²) in [4.78, 5) is 7.69. The van der Waals surface area contributed by atoms with Crippen molar-refractivity contribution in [3.63, 3.8) is 0 Å². The summed E-state index contributed by atoms with van der Waals surface area (Å²) in [6.07, 6.45) is 2.86. The second kappa shape index (κ2) is 8.46. The summed E-state index contributed by atoms with van der Waals surface area (Å²) in [5.41, 5.74) is 1.07. The number of sulfonamides is 1. The summed E-state index contributed by atoms with van der Waals surface area (Å²) < 4.78 is 40.2. The third-order valence-corrected chi connectivity index (χ3v) is 5.23. The van der Waals surface area contributed by atoms with E-state index in [1.807, 2.05) is 0 Å². The number of nitrogens with one attached hydrogen (secondary N) is 3. The quantitative estimate of drug-likeness (QED) is 0.521. The predicted octanol–water partition coefficient (Wildman–Crippen LogP) is 3.88. The van der Waals surface area contributed by atoms with E-state index in [-0.39, 0.29) is 21.0 Å². The van der Waals surface area contributed by atoms with Crippen LogP contribution in [-0.4, -0.2) is 23.5 Å². The summed E-state index contributed by atoms with van der Waals surface area (Å²) in [6, 6.07) is 11.6. The van der Waals surface area contributed by atoms with E-state index < -0.39 is 15.8 Å². The van der Waals surface area contributed by atoms with Crippen LogP contribution in [0.2, 0.25) is 5.02 Å². The second-order valence-electron chi connectivity index (χ2n) is 5.41. The number of benzene rings is 2. The first-order chi connectivity index (χ1) is 13.3. The summed E-state index contributed by atoms with van der Waals surface area (Å²) in [7, 11) is -3.82. The van der Waals surface area contributed by atoms with Gasteiger partial charge in [0.25, 0.3) is 10.0 Å². The highest BCUT2D eigenvalue weighted by Gasteiger charge is 2.15. The van der Waals surface area contributed by atoms with E-state index in [1.54, 1.807) is 18.2 Å². The van der Waals surface area contributed by atoms with Crippen molar-refractivity contribution in [3.05, 3.63) is 71.8 Å². The van der Waals surface area contributed by atoms with Gasteiger partial charge in [0.1, 0.15) is 5.82 Å². The van der Waals surface area contributed by atoms with E-state index in [1.165, 1.54) is 42.7 Å². The number of hydrogen-bond donors (Lipinski definition) is 3. The summed E-state index contributed by atoms with van der Waals surface area (Å²) in [6.45, 7) is 0. The first-order valence-corrected chi connectivity index (χ1v) is 10.0. The minimum Gasteiger partial charge on any atom is -0.332 e. The number of rotatable bonds is 5. The zero-order chi connectivity index (χ0) is 20.1. The predicted molar refractivity (Wildman–Crippen MR) is 111 cm³/mol. The third-order valence-electron chi connectivity index (χ3n) is 3.39. The normalized spacial score (nSPS) is 10.9. The Morgan fingerprint density at radius 2 is 1.61 bits per heavy atom. The molecule has 3 aromatic rings. The van der Waals surface area contributed by atoms with Crippen LogP contribution in [0.15, 0.2) is 65.8 Å². The topological polar surface area (TPSA) is 96.0 Å². The van der Waals surface area contributed by atoms with E-state index in [9.17, 15) is 12.8 Å². The molecule has 2 aromatic carbocycles. The van der Waals surface area contributed by atoms with Crippen molar-refractivity contribution < 1.29 is 12.8 Å². The van der Waals surface area contributed by atoms with Gasteiger partial charge < -0.3 is 10.6 Å². The highest BCUT2D eigenvalue weighted by Crippen LogP contribution is 2.20. The average molecular weight is 438 g/mol. The Balaban J connectivity index is 1.65. The molecule has 0 saturated carbocycles. The Kier molecular flexibility index (Phi) is 6.02. The lowest BCUT2D eigenvalue weighted by molar-refractivity contribution is 0.601.